The Morgan fingerprint density at radius 2 is 2.19 bits per heavy atom. The second kappa shape index (κ2) is 6.99. The second-order valence-electron chi connectivity index (χ2n) is 4.92. The average Bonchev–Trinajstić information content (AvgIpc) is 2.42. The van der Waals surface area contributed by atoms with Gasteiger partial charge in [0, 0.05) is 30.4 Å². The van der Waals surface area contributed by atoms with Gasteiger partial charge < -0.3 is 15.1 Å². The number of amides is 1. The zero-order valence-electron chi connectivity index (χ0n) is 11.6. The first-order valence-corrected chi connectivity index (χ1v) is 6.91. The zero-order chi connectivity index (χ0) is 15.2. The Labute approximate surface area is 122 Å². The van der Waals surface area contributed by atoms with Crippen molar-refractivity contribution in [3.8, 4) is 0 Å². The summed E-state index contributed by atoms with van der Waals surface area (Å²) in [6.07, 6.45) is 6.78. The van der Waals surface area contributed by atoms with Gasteiger partial charge in [0.25, 0.3) is 5.91 Å². The standard InChI is InChI=1S/C15H18N2O4/c18-10-9-17(12-4-1-5-12)15(21)14-11(3-2-8-16-14)6-7-13(19)20/h2-3,6-8,12,18H,1,4-5,9-10H2,(H,19,20)/b7-6+. The molecule has 1 aromatic rings. The number of carbonyl (C=O) groups is 2. The number of aliphatic hydroxyl groups is 1. The predicted molar refractivity (Wildman–Crippen MR) is 76.7 cm³/mol. The summed E-state index contributed by atoms with van der Waals surface area (Å²) in [6, 6.07) is 3.44. The molecule has 0 aromatic carbocycles. The molecule has 6 heteroatoms. The van der Waals surface area contributed by atoms with Gasteiger partial charge in [-0.2, -0.15) is 0 Å². The van der Waals surface area contributed by atoms with Gasteiger partial charge in [-0.1, -0.05) is 6.07 Å². The lowest BCUT2D eigenvalue weighted by Crippen LogP contribution is -2.46. The molecule has 0 bridgehead atoms. The van der Waals surface area contributed by atoms with Crippen molar-refractivity contribution in [3.63, 3.8) is 0 Å². The van der Waals surface area contributed by atoms with Crippen LogP contribution in [0.2, 0.25) is 0 Å². The summed E-state index contributed by atoms with van der Waals surface area (Å²) in [5, 5.41) is 17.8. The maximum atomic E-state index is 12.6. The molecule has 0 saturated heterocycles. The average molecular weight is 290 g/mol. The Morgan fingerprint density at radius 1 is 1.43 bits per heavy atom. The number of aliphatic hydroxyl groups excluding tert-OH is 1. The van der Waals surface area contributed by atoms with E-state index in [1.165, 1.54) is 12.3 Å². The zero-order valence-corrected chi connectivity index (χ0v) is 11.6. The van der Waals surface area contributed by atoms with Crippen LogP contribution in [0.25, 0.3) is 6.08 Å². The summed E-state index contributed by atoms with van der Waals surface area (Å²) >= 11 is 0. The highest BCUT2D eigenvalue weighted by Gasteiger charge is 2.30. The summed E-state index contributed by atoms with van der Waals surface area (Å²) < 4.78 is 0. The van der Waals surface area contributed by atoms with Gasteiger partial charge in [0.15, 0.2) is 0 Å². The van der Waals surface area contributed by atoms with Crippen LogP contribution in [-0.4, -0.2) is 51.2 Å². The van der Waals surface area contributed by atoms with Crippen LogP contribution in [-0.2, 0) is 4.79 Å². The third kappa shape index (κ3) is 3.66. The maximum Gasteiger partial charge on any atom is 0.328 e. The Morgan fingerprint density at radius 3 is 2.76 bits per heavy atom. The number of carbonyl (C=O) groups excluding carboxylic acids is 1. The second-order valence-corrected chi connectivity index (χ2v) is 4.92. The van der Waals surface area contributed by atoms with Crippen molar-refractivity contribution in [2.24, 2.45) is 0 Å². The Kier molecular flexibility index (Phi) is 5.05. The first-order valence-electron chi connectivity index (χ1n) is 6.91. The molecule has 0 radical (unpaired) electrons. The minimum absolute atomic E-state index is 0.102. The molecule has 1 aliphatic rings. The monoisotopic (exact) mass is 290 g/mol. The van der Waals surface area contributed by atoms with Gasteiger partial charge in [-0.05, 0) is 31.4 Å². The summed E-state index contributed by atoms with van der Waals surface area (Å²) in [5.41, 5.74) is 0.683. The first kappa shape index (κ1) is 15.2. The molecular weight excluding hydrogens is 272 g/mol. The van der Waals surface area contributed by atoms with E-state index in [9.17, 15) is 9.59 Å². The van der Waals surface area contributed by atoms with E-state index >= 15 is 0 Å². The van der Waals surface area contributed by atoms with E-state index in [-0.39, 0.29) is 30.8 Å². The lowest BCUT2D eigenvalue weighted by atomic mass is 9.91. The number of hydrogen-bond donors (Lipinski definition) is 2. The van der Waals surface area contributed by atoms with Crippen LogP contribution in [0, 0.1) is 0 Å². The normalized spacial score (nSPS) is 14.9. The number of hydrogen-bond acceptors (Lipinski definition) is 4. The number of carboxylic acid groups (broad SMARTS) is 1. The van der Waals surface area contributed by atoms with Crippen molar-refractivity contribution in [2.75, 3.05) is 13.2 Å². The third-order valence-electron chi connectivity index (χ3n) is 3.56. The highest BCUT2D eigenvalue weighted by molar-refractivity contribution is 5.97. The predicted octanol–water partition coefficient (Wildman–Crippen LogP) is 1.17. The molecule has 1 heterocycles. The van der Waals surface area contributed by atoms with E-state index in [4.69, 9.17) is 10.2 Å². The number of nitrogens with zero attached hydrogens (tertiary/aromatic N) is 2. The lowest BCUT2D eigenvalue weighted by Gasteiger charge is -2.37. The molecule has 1 saturated carbocycles. The molecule has 2 N–H and O–H groups in total. The topological polar surface area (TPSA) is 90.7 Å². The molecule has 2 rings (SSSR count). The van der Waals surface area contributed by atoms with Crippen molar-refractivity contribution >= 4 is 18.0 Å². The van der Waals surface area contributed by atoms with Crippen LogP contribution in [0.1, 0.15) is 35.3 Å². The van der Waals surface area contributed by atoms with Gasteiger partial charge in [0.2, 0.25) is 0 Å². The van der Waals surface area contributed by atoms with Crippen molar-refractivity contribution in [3.05, 3.63) is 35.7 Å². The van der Waals surface area contributed by atoms with Gasteiger partial charge in [0.05, 0.1) is 6.61 Å². The SMILES string of the molecule is O=C(O)/C=C/c1cccnc1C(=O)N(CCO)C1CCC1. The Balaban J connectivity index is 2.26. The van der Waals surface area contributed by atoms with Crippen molar-refractivity contribution in [2.45, 2.75) is 25.3 Å². The van der Waals surface area contributed by atoms with Gasteiger partial charge >= 0.3 is 5.97 Å². The van der Waals surface area contributed by atoms with E-state index in [2.05, 4.69) is 4.98 Å². The number of rotatable bonds is 6. The molecule has 0 atom stereocenters. The minimum Gasteiger partial charge on any atom is -0.478 e. The third-order valence-corrected chi connectivity index (χ3v) is 3.56. The van der Waals surface area contributed by atoms with Crippen molar-refractivity contribution in [1.82, 2.24) is 9.88 Å². The molecular formula is C15H18N2O4. The molecule has 21 heavy (non-hydrogen) atoms. The fourth-order valence-corrected chi connectivity index (χ4v) is 2.28. The molecule has 0 aliphatic heterocycles. The van der Waals surface area contributed by atoms with E-state index in [1.807, 2.05) is 0 Å². The molecule has 0 spiro atoms. The first-order chi connectivity index (χ1) is 10.1. The molecule has 1 amide bonds. The van der Waals surface area contributed by atoms with Crippen molar-refractivity contribution in [1.29, 1.82) is 0 Å². The molecule has 6 nitrogen and oxygen atoms in total. The summed E-state index contributed by atoms with van der Waals surface area (Å²) in [7, 11) is 0. The van der Waals surface area contributed by atoms with Gasteiger partial charge in [-0.15, -0.1) is 0 Å². The quantitative estimate of drug-likeness (QED) is 0.767. The fraction of sp³-hybridized carbons (Fsp3) is 0.400. The molecule has 1 aliphatic carbocycles. The largest absolute Gasteiger partial charge is 0.478 e. The molecule has 112 valence electrons. The number of carboxylic acids is 1. The smallest absolute Gasteiger partial charge is 0.328 e. The van der Waals surface area contributed by atoms with Crippen LogP contribution >= 0.6 is 0 Å². The Hall–Kier alpha value is -2.21. The maximum absolute atomic E-state index is 12.6. The van der Waals surface area contributed by atoms with E-state index in [0.717, 1.165) is 25.3 Å². The van der Waals surface area contributed by atoms with Crippen LogP contribution in [0.4, 0.5) is 0 Å². The fourth-order valence-electron chi connectivity index (χ4n) is 2.28. The van der Waals surface area contributed by atoms with E-state index in [0.29, 0.717) is 5.56 Å². The molecule has 0 unspecified atom stereocenters. The van der Waals surface area contributed by atoms with Gasteiger partial charge in [-0.3, -0.25) is 9.78 Å². The summed E-state index contributed by atoms with van der Waals surface area (Å²) in [6.45, 7) is 0.164. The number of aromatic nitrogens is 1. The lowest BCUT2D eigenvalue weighted by molar-refractivity contribution is -0.131. The summed E-state index contributed by atoms with van der Waals surface area (Å²) in [4.78, 5) is 28.9. The molecule has 1 fully saturated rings. The highest BCUT2D eigenvalue weighted by Crippen LogP contribution is 2.26. The Bertz CT molecular complexity index is 552. The number of pyridine rings is 1. The van der Waals surface area contributed by atoms with Gasteiger partial charge in [0.1, 0.15) is 5.69 Å². The minimum atomic E-state index is -1.08. The van der Waals surface area contributed by atoms with E-state index in [1.54, 1.807) is 17.0 Å². The van der Waals surface area contributed by atoms with Crippen LogP contribution in [0.15, 0.2) is 24.4 Å². The van der Waals surface area contributed by atoms with Crippen LogP contribution in [0.3, 0.4) is 0 Å². The van der Waals surface area contributed by atoms with Crippen LogP contribution in [0.5, 0.6) is 0 Å². The highest BCUT2D eigenvalue weighted by atomic mass is 16.4. The molecule has 1 aromatic heterocycles. The number of aliphatic carboxylic acids is 1. The van der Waals surface area contributed by atoms with E-state index < -0.39 is 5.97 Å². The summed E-state index contributed by atoms with van der Waals surface area (Å²) in [5.74, 6) is -1.34. The van der Waals surface area contributed by atoms with Crippen LogP contribution < -0.4 is 0 Å². The van der Waals surface area contributed by atoms with Crippen molar-refractivity contribution < 1.29 is 19.8 Å². The van der Waals surface area contributed by atoms with Gasteiger partial charge in [-0.25, -0.2) is 4.79 Å².